The maximum atomic E-state index is 10.3. The number of benzene rings is 1. The summed E-state index contributed by atoms with van der Waals surface area (Å²) in [6, 6.07) is 6.55. The predicted octanol–water partition coefficient (Wildman–Crippen LogP) is 0.945. The molecule has 0 aliphatic carbocycles. The third-order valence-corrected chi connectivity index (χ3v) is 1.99. The molecule has 1 saturated heterocycles. The van der Waals surface area contributed by atoms with Crippen molar-refractivity contribution in [1.82, 2.24) is 5.32 Å². The van der Waals surface area contributed by atoms with E-state index < -0.39 is 4.92 Å². The number of nitro benzene ring substituents is 1. The minimum Gasteiger partial charge on any atom is -0.492 e. The first-order valence-corrected chi connectivity index (χ1v) is 4.36. The van der Waals surface area contributed by atoms with Crippen molar-refractivity contribution in [3.63, 3.8) is 0 Å². The molecular weight excluding hydrogens is 184 g/mol. The van der Waals surface area contributed by atoms with E-state index in [4.69, 9.17) is 4.74 Å². The van der Waals surface area contributed by atoms with Gasteiger partial charge in [0.05, 0.1) is 11.0 Å². The van der Waals surface area contributed by atoms with Crippen LogP contribution in [0.25, 0.3) is 0 Å². The summed E-state index contributed by atoms with van der Waals surface area (Å²) in [5.74, 6) is 0.671. The van der Waals surface area contributed by atoms with Gasteiger partial charge in [-0.15, -0.1) is 0 Å². The Balaban J connectivity index is 1.94. The Morgan fingerprint density at radius 3 is 2.64 bits per heavy atom. The second-order valence-electron chi connectivity index (χ2n) is 3.17. The minimum atomic E-state index is -0.424. The van der Waals surface area contributed by atoms with Gasteiger partial charge in [0.1, 0.15) is 12.4 Å². The van der Waals surface area contributed by atoms with Crippen LogP contribution in [0.5, 0.6) is 5.75 Å². The van der Waals surface area contributed by atoms with E-state index in [0.29, 0.717) is 18.4 Å². The minimum absolute atomic E-state index is 0.0851. The molecule has 2 rings (SSSR count). The van der Waals surface area contributed by atoms with Gasteiger partial charge < -0.3 is 10.1 Å². The van der Waals surface area contributed by atoms with Gasteiger partial charge in [-0.1, -0.05) is 0 Å². The first kappa shape index (κ1) is 8.96. The van der Waals surface area contributed by atoms with Gasteiger partial charge in [-0.25, -0.2) is 0 Å². The molecule has 74 valence electrons. The largest absolute Gasteiger partial charge is 0.492 e. The van der Waals surface area contributed by atoms with Crippen LogP contribution in [0.15, 0.2) is 24.3 Å². The van der Waals surface area contributed by atoms with Crippen LogP contribution in [-0.4, -0.2) is 24.1 Å². The highest BCUT2D eigenvalue weighted by atomic mass is 16.6. The van der Waals surface area contributed by atoms with Gasteiger partial charge in [-0.05, 0) is 12.1 Å². The van der Waals surface area contributed by atoms with Crippen molar-refractivity contribution in [2.45, 2.75) is 6.04 Å². The van der Waals surface area contributed by atoms with E-state index >= 15 is 0 Å². The zero-order valence-electron chi connectivity index (χ0n) is 7.47. The number of ether oxygens (including phenoxy) is 1. The summed E-state index contributed by atoms with van der Waals surface area (Å²) in [6.45, 7) is 1.62. The monoisotopic (exact) mass is 194 g/mol. The van der Waals surface area contributed by atoms with Crippen molar-refractivity contribution >= 4 is 5.69 Å². The zero-order valence-corrected chi connectivity index (χ0v) is 7.47. The number of nitro groups is 1. The highest BCUT2D eigenvalue weighted by Crippen LogP contribution is 2.17. The van der Waals surface area contributed by atoms with Crippen LogP contribution in [-0.2, 0) is 0 Å². The third-order valence-electron chi connectivity index (χ3n) is 1.99. The van der Waals surface area contributed by atoms with Gasteiger partial charge in [-0.3, -0.25) is 10.1 Å². The number of non-ortho nitro benzene ring substituents is 1. The molecule has 0 aromatic heterocycles. The Morgan fingerprint density at radius 2 is 2.14 bits per heavy atom. The van der Waals surface area contributed by atoms with Crippen molar-refractivity contribution in [1.29, 1.82) is 0 Å². The maximum Gasteiger partial charge on any atom is 0.269 e. The van der Waals surface area contributed by atoms with E-state index in [-0.39, 0.29) is 5.69 Å². The van der Waals surface area contributed by atoms with Crippen molar-refractivity contribution in [3.05, 3.63) is 34.4 Å². The van der Waals surface area contributed by atoms with E-state index in [0.717, 1.165) is 6.54 Å². The molecule has 1 aliphatic rings. The topological polar surface area (TPSA) is 74.3 Å². The van der Waals surface area contributed by atoms with Crippen LogP contribution < -0.4 is 10.1 Å². The number of hydrogen-bond donors (Lipinski definition) is 1. The number of nitrogens with one attached hydrogen (secondary N) is 1. The lowest BCUT2D eigenvalue weighted by atomic mass is 10.3. The van der Waals surface area contributed by atoms with Crippen molar-refractivity contribution < 1.29 is 9.66 Å². The number of hydrogen-bond acceptors (Lipinski definition) is 4. The lowest BCUT2D eigenvalue weighted by molar-refractivity contribution is -0.384. The van der Waals surface area contributed by atoms with Gasteiger partial charge in [0.15, 0.2) is 0 Å². The normalized spacial score (nSPS) is 19.0. The second-order valence-corrected chi connectivity index (χ2v) is 3.17. The van der Waals surface area contributed by atoms with E-state index in [1.807, 2.05) is 0 Å². The lowest BCUT2D eigenvalue weighted by Gasteiger charge is -2.03. The Labute approximate surface area is 80.8 Å². The third kappa shape index (κ3) is 2.20. The van der Waals surface area contributed by atoms with Crippen molar-refractivity contribution in [3.8, 4) is 5.75 Å². The number of rotatable bonds is 4. The van der Waals surface area contributed by atoms with Crippen LogP contribution in [0.3, 0.4) is 0 Å². The van der Waals surface area contributed by atoms with Gasteiger partial charge in [-0.2, -0.15) is 0 Å². The zero-order chi connectivity index (χ0) is 9.97. The van der Waals surface area contributed by atoms with Crippen LogP contribution in [0.1, 0.15) is 0 Å². The summed E-state index contributed by atoms with van der Waals surface area (Å²) in [5.41, 5.74) is 0.0851. The fourth-order valence-corrected chi connectivity index (χ4v) is 1.06. The first-order chi connectivity index (χ1) is 6.75. The average molecular weight is 194 g/mol. The van der Waals surface area contributed by atoms with Gasteiger partial charge in [0, 0.05) is 18.7 Å². The molecule has 0 amide bonds. The molecule has 0 spiro atoms. The SMILES string of the molecule is O=[N+]([O-])c1ccc(OCC2CN2)cc1. The van der Waals surface area contributed by atoms with Gasteiger partial charge >= 0.3 is 0 Å². The smallest absolute Gasteiger partial charge is 0.269 e. The average Bonchev–Trinajstić information content (AvgIpc) is 2.99. The molecule has 1 aromatic carbocycles. The molecule has 5 heteroatoms. The molecule has 1 fully saturated rings. The van der Waals surface area contributed by atoms with Crippen LogP contribution in [0.4, 0.5) is 5.69 Å². The van der Waals surface area contributed by atoms with Gasteiger partial charge in [0.2, 0.25) is 0 Å². The van der Waals surface area contributed by atoms with E-state index in [1.165, 1.54) is 12.1 Å². The molecule has 5 nitrogen and oxygen atoms in total. The molecule has 0 radical (unpaired) electrons. The highest BCUT2D eigenvalue weighted by molar-refractivity contribution is 5.35. The quantitative estimate of drug-likeness (QED) is 0.440. The summed E-state index contributed by atoms with van der Waals surface area (Å²) >= 11 is 0. The van der Waals surface area contributed by atoms with E-state index in [1.54, 1.807) is 12.1 Å². The summed E-state index contributed by atoms with van der Waals surface area (Å²) in [6.07, 6.45) is 0. The predicted molar refractivity (Wildman–Crippen MR) is 50.4 cm³/mol. The molecule has 1 atom stereocenters. The van der Waals surface area contributed by atoms with Gasteiger partial charge in [0.25, 0.3) is 5.69 Å². The number of nitrogens with zero attached hydrogens (tertiary/aromatic N) is 1. The lowest BCUT2D eigenvalue weighted by Crippen LogP contribution is -2.06. The molecule has 0 bridgehead atoms. The molecule has 1 N–H and O–H groups in total. The molecule has 1 heterocycles. The summed E-state index contributed by atoms with van der Waals surface area (Å²) in [5, 5.41) is 13.4. The molecule has 1 unspecified atom stereocenters. The Bertz CT molecular complexity index is 332. The summed E-state index contributed by atoms with van der Waals surface area (Å²) < 4.78 is 5.38. The molecule has 14 heavy (non-hydrogen) atoms. The summed E-state index contributed by atoms with van der Waals surface area (Å²) in [4.78, 5) is 9.92. The Kier molecular flexibility index (Phi) is 2.32. The first-order valence-electron chi connectivity index (χ1n) is 4.36. The van der Waals surface area contributed by atoms with E-state index in [2.05, 4.69) is 5.32 Å². The van der Waals surface area contributed by atoms with E-state index in [9.17, 15) is 10.1 Å². The van der Waals surface area contributed by atoms with Crippen molar-refractivity contribution in [2.24, 2.45) is 0 Å². The molecule has 1 aliphatic heterocycles. The second kappa shape index (κ2) is 3.63. The van der Waals surface area contributed by atoms with Crippen molar-refractivity contribution in [2.75, 3.05) is 13.2 Å². The van der Waals surface area contributed by atoms with Crippen LogP contribution >= 0.6 is 0 Å². The molecule has 1 aromatic rings. The molecule has 0 saturated carbocycles. The summed E-state index contributed by atoms with van der Waals surface area (Å²) in [7, 11) is 0. The fraction of sp³-hybridized carbons (Fsp3) is 0.333. The Morgan fingerprint density at radius 1 is 1.50 bits per heavy atom. The molecular formula is C9H10N2O3. The fourth-order valence-electron chi connectivity index (χ4n) is 1.06. The Hall–Kier alpha value is -1.62. The standard InChI is InChI=1S/C9H10N2O3/c12-11(13)8-1-3-9(4-2-8)14-6-7-5-10-7/h1-4,7,10H,5-6H2. The van der Waals surface area contributed by atoms with Crippen LogP contribution in [0, 0.1) is 10.1 Å². The highest BCUT2D eigenvalue weighted by Gasteiger charge is 2.20. The maximum absolute atomic E-state index is 10.3. The van der Waals surface area contributed by atoms with Crippen LogP contribution in [0.2, 0.25) is 0 Å².